The van der Waals surface area contributed by atoms with Gasteiger partial charge in [0, 0.05) is 5.92 Å². The molecule has 0 radical (unpaired) electrons. The summed E-state index contributed by atoms with van der Waals surface area (Å²) in [5, 5.41) is 9.04. The second-order valence-corrected chi connectivity index (χ2v) is 9.45. The highest BCUT2D eigenvalue weighted by atomic mass is 19.1. The van der Waals surface area contributed by atoms with Gasteiger partial charge >= 0.3 is 0 Å². The van der Waals surface area contributed by atoms with E-state index in [1.54, 1.807) is 6.07 Å². The van der Waals surface area contributed by atoms with Crippen LogP contribution in [-0.4, -0.2) is 0 Å². The molecule has 3 rings (SSSR count). The van der Waals surface area contributed by atoms with Crippen molar-refractivity contribution in [3.8, 4) is 6.07 Å². The van der Waals surface area contributed by atoms with Gasteiger partial charge in [0.05, 0.1) is 6.07 Å². The highest BCUT2D eigenvalue weighted by Gasteiger charge is 2.24. The molecule has 0 heterocycles. The van der Waals surface area contributed by atoms with Crippen molar-refractivity contribution >= 4 is 0 Å². The Labute approximate surface area is 171 Å². The van der Waals surface area contributed by atoms with Crippen LogP contribution in [-0.2, 0) is 6.42 Å². The smallest absolute Gasteiger partial charge is 0.126 e. The molecule has 1 aromatic carbocycles. The SMILES string of the molecule is CCCCCC1CCC(CCc2ccc(C3CCC(C#N)CC3)c(F)c2)CC1. The maximum atomic E-state index is 14.7. The summed E-state index contributed by atoms with van der Waals surface area (Å²) in [6.07, 6.45) is 17.1. The minimum Gasteiger partial charge on any atom is -0.207 e. The van der Waals surface area contributed by atoms with Crippen LogP contribution in [0.4, 0.5) is 4.39 Å². The molecule has 0 bridgehead atoms. The molecule has 1 nitrogen and oxygen atoms in total. The number of benzene rings is 1. The van der Waals surface area contributed by atoms with E-state index in [2.05, 4.69) is 19.1 Å². The van der Waals surface area contributed by atoms with E-state index in [0.29, 0.717) is 5.92 Å². The molecule has 2 heteroatoms. The molecule has 0 aromatic heterocycles. The molecule has 154 valence electrons. The van der Waals surface area contributed by atoms with Gasteiger partial charge in [0.1, 0.15) is 5.82 Å². The zero-order valence-electron chi connectivity index (χ0n) is 17.8. The number of nitrogens with zero attached hydrogens (tertiary/aromatic N) is 1. The van der Waals surface area contributed by atoms with Crippen LogP contribution in [0.1, 0.15) is 107 Å². The second-order valence-electron chi connectivity index (χ2n) is 9.45. The summed E-state index contributed by atoms with van der Waals surface area (Å²) in [5.41, 5.74) is 2.05. The van der Waals surface area contributed by atoms with E-state index in [4.69, 9.17) is 5.26 Å². The van der Waals surface area contributed by atoms with Gasteiger partial charge in [-0.1, -0.05) is 70.4 Å². The quantitative estimate of drug-likeness (QED) is 0.418. The fraction of sp³-hybridized carbons (Fsp3) is 0.731. The molecule has 0 atom stereocenters. The van der Waals surface area contributed by atoms with Crippen LogP contribution in [0.2, 0.25) is 0 Å². The number of halogens is 1. The Balaban J connectivity index is 1.42. The average Bonchev–Trinajstić information content (AvgIpc) is 2.73. The Morgan fingerprint density at radius 3 is 2.21 bits per heavy atom. The standard InChI is InChI=1S/C26H38FN/c1-2-3-4-5-20-6-8-21(9-7-20)10-11-22-14-17-25(26(27)18-22)24-15-12-23(19-28)13-16-24/h14,17-18,20-21,23-24H,2-13,15-16H2,1H3. The lowest BCUT2D eigenvalue weighted by Gasteiger charge is -2.28. The first-order chi connectivity index (χ1) is 13.7. The lowest BCUT2D eigenvalue weighted by atomic mass is 9.77. The molecule has 28 heavy (non-hydrogen) atoms. The Morgan fingerprint density at radius 1 is 0.929 bits per heavy atom. The average molecular weight is 384 g/mol. The Kier molecular flexibility index (Phi) is 8.38. The number of aryl methyl sites for hydroxylation is 1. The van der Waals surface area contributed by atoms with Crippen LogP contribution in [0.25, 0.3) is 0 Å². The molecule has 0 saturated heterocycles. The van der Waals surface area contributed by atoms with Gasteiger partial charge in [0.15, 0.2) is 0 Å². The lowest BCUT2D eigenvalue weighted by Crippen LogP contribution is -2.15. The largest absolute Gasteiger partial charge is 0.207 e. The maximum Gasteiger partial charge on any atom is 0.126 e. The fourth-order valence-electron chi connectivity index (χ4n) is 5.45. The van der Waals surface area contributed by atoms with E-state index in [-0.39, 0.29) is 11.7 Å². The summed E-state index contributed by atoms with van der Waals surface area (Å²) in [4.78, 5) is 0. The second kappa shape index (κ2) is 11.0. The van der Waals surface area contributed by atoms with E-state index in [1.807, 2.05) is 6.07 Å². The Hall–Kier alpha value is -1.36. The molecule has 0 aliphatic heterocycles. The normalized spacial score (nSPS) is 28.0. The highest BCUT2D eigenvalue weighted by Crippen LogP contribution is 2.37. The predicted octanol–water partition coefficient (Wildman–Crippen LogP) is 7.94. The number of rotatable bonds is 8. The van der Waals surface area contributed by atoms with Gasteiger partial charge in [-0.3, -0.25) is 0 Å². The van der Waals surface area contributed by atoms with Crippen molar-refractivity contribution < 1.29 is 4.39 Å². The Morgan fingerprint density at radius 2 is 1.61 bits per heavy atom. The summed E-state index contributed by atoms with van der Waals surface area (Å²) < 4.78 is 14.7. The summed E-state index contributed by atoms with van der Waals surface area (Å²) in [5.74, 6) is 2.28. The third-order valence-corrected chi connectivity index (χ3v) is 7.44. The van der Waals surface area contributed by atoms with Gasteiger partial charge in [0.25, 0.3) is 0 Å². The third-order valence-electron chi connectivity index (χ3n) is 7.44. The molecular weight excluding hydrogens is 345 g/mol. The zero-order chi connectivity index (χ0) is 19.8. The summed E-state index contributed by atoms with van der Waals surface area (Å²) >= 11 is 0. The van der Waals surface area contributed by atoms with E-state index >= 15 is 0 Å². The minimum absolute atomic E-state index is 0.0162. The monoisotopic (exact) mass is 383 g/mol. The Bertz CT molecular complexity index is 630. The maximum absolute atomic E-state index is 14.7. The summed E-state index contributed by atoms with van der Waals surface area (Å²) in [6, 6.07) is 8.35. The molecule has 1 aromatic rings. The van der Waals surface area contributed by atoms with Gasteiger partial charge in [0.2, 0.25) is 0 Å². The zero-order valence-corrected chi connectivity index (χ0v) is 17.8. The highest BCUT2D eigenvalue weighted by molar-refractivity contribution is 5.28. The first-order valence-corrected chi connectivity index (χ1v) is 11.9. The predicted molar refractivity (Wildman–Crippen MR) is 115 cm³/mol. The lowest BCUT2D eigenvalue weighted by molar-refractivity contribution is 0.249. The molecule has 2 saturated carbocycles. The molecule has 2 fully saturated rings. The first kappa shape index (κ1) is 21.4. The molecule has 2 aliphatic rings. The van der Waals surface area contributed by atoms with Crippen LogP contribution in [0.5, 0.6) is 0 Å². The molecule has 0 N–H and O–H groups in total. The molecule has 2 aliphatic carbocycles. The topological polar surface area (TPSA) is 23.8 Å². The van der Waals surface area contributed by atoms with Crippen molar-refractivity contribution in [1.82, 2.24) is 0 Å². The van der Waals surface area contributed by atoms with Crippen LogP contribution < -0.4 is 0 Å². The molecule has 0 amide bonds. The van der Waals surface area contributed by atoms with E-state index in [9.17, 15) is 4.39 Å². The number of nitriles is 1. The van der Waals surface area contributed by atoms with E-state index in [1.165, 1.54) is 57.8 Å². The van der Waals surface area contributed by atoms with E-state index < -0.39 is 0 Å². The fourth-order valence-corrected chi connectivity index (χ4v) is 5.45. The summed E-state index contributed by atoms with van der Waals surface area (Å²) in [6.45, 7) is 2.28. The van der Waals surface area contributed by atoms with Crippen molar-refractivity contribution in [1.29, 1.82) is 5.26 Å². The van der Waals surface area contributed by atoms with Crippen LogP contribution >= 0.6 is 0 Å². The van der Waals surface area contributed by atoms with Crippen LogP contribution in [0.15, 0.2) is 18.2 Å². The number of hydrogen-bond donors (Lipinski definition) is 0. The number of unbranched alkanes of at least 4 members (excludes halogenated alkanes) is 2. The van der Waals surface area contributed by atoms with Gasteiger partial charge in [-0.2, -0.15) is 5.26 Å². The summed E-state index contributed by atoms with van der Waals surface area (Å²) in [7, 11) is 0. The molecular formula is C26H38FN. The van der Waals surface area contributed by atoms with Crippen molar-refractivity contribution in [2.75, 3.05) is 0 Å². The van der Waals surface area contributed by atoms with Gasteiger partial charge < -0.3 is 0 Å². The number of hydrogen-bond acceptors (Lipinski definition) is 1. The van der Waals surface area contributed by atoms with Gasteiger partial charge in [-0.25, -0.2) is 4.39 Å². The van der Waals surface area contributed by atoms with Crippen molar-refractivity contribution in [2.45, 2.75) is 103 Å². The first-order valence-electron chi connectivity index (χ1n) is 11.9. The van der Waals surface area contributed by atoms with Crippen LogP contribution in [0, 0.1) is 34.9 Å². The van der Waals surface area contributed by atoms with E-state index in [0.717, 1.165) is 55.1 Å². The van der Waals surface area contributed by atoms with Crippen molar-refractivity contribution in [3.63, 3.8) is 0 Å². The third kappa shape index (κ3) is 6.07. The molecule has 0 unspecified atom stereocenters. The van der Waals surface area contributed by atoms with Crippen molar-refractivity contribution in [3.05, 3.63) is 35.1 Å². The van der Waals surface area contributed by atoms with Crippen molar-refractivity contribution in [2.24, 2.45) is 17.8 Å². The molecule has 0 spiro atoms. The minimum atomic E-state index is -0.0162. The van der Waals surface area contributed by atoms with Gasteiger partial charge in [-0.15, -0.1) is 0 Å². The van der Waals surface area contributed by atoms with Crippen LogP contribution in [0.3, 0.4) is 0 Å². The van der Waals surface area contributed by atoms with Gasteiger partial charge in [-0.05, 0) is 73.5 Å².